The van der Waals surface area contributed by atoms with Crippen LogP contribution in [-0.2, 0) is 17.6 Å². The molecule has 0 aliphatic rings. The van der Waals surface area contributed by atoms with Gasteiger partial charge in [0.1, 0.15) is 10.8 Å². The van der Waals surface area contributed by atoms with E-state index in [9.17, 15) is 14.7 Å². The smallest absolute Gasteiger partial charge is 0.347 e. The Bertz CT molecular complexity index is 1250. The molecule has 0 amide bonds. The summed E-state index contributed by atoms with van der Waals surface area (Å²) in [5.41, 5.74) is 1.81. The second-order valence-electron chi connectivity index (χ2n) is 9.12. The van der Waals surface area contributed by atoms with Crippen molar-refractivity contribution in [2.24, 2.45) is 0 Å². The van der Waals surface area contributed by atoms with Crippen LogP contribution < -0.4 is 4.74 Å². The van der Waals surface area contributed by atoms with Gasteiger partial charge in [0.25, 0.3) is 0 Å². The molecule has 186 valence electrons. The normalized spacial score (nSPS) is 11.7. The average Bonchev–Trinajstić information content (AvgIpc) is 3.21. The summed E-state index contributed by atoms with van der Waals surface area (Å²) >= 11 is 14.0. The number of hydrogen-bond acceptors (Lipinski definition) is 5. The quantitative estimate of drug-likeness (QED) is 0.268. The first-order valence-corrected chi connectivity index (χ1v) is 13.0. The Balaban J connectivity index is 1.81. The molecule has 0 radical (unpaired) electrons. The standard InChI is InChI=1S/C27H29Cl2NO4S/c1-6-16-13-18(34-27(4,5)26(32)33)8-10-19(16)23(31)12-11-22-24(15(2)3)35-25(30-22)20-9-7-17(28)14-21(20)29/h7-10,13-15H,6,11-12H2,1-5H3,(H,32,33). The molecule has 0 aliphatic heterocycles. The molecule has 0 atom stereocenters. The first kappa shape index (κ1) is 27.2. The molecule has 1 aromatic heterocycles. The summed E-state index contributed by atoms with van der Waals surface area (Å²) in [6.45, 7) is 9.16. The maximum Gasteiger partial charge on any atom is 0.347 e. The average molecular weight is 535 g/mol. The summed E-state index contributed by atoms with van der Waals surface area (Å²) in [7, 11) is 0. The van der Waals surface area contributed by atoms with Crippen LogP contribution in [0, 0.1) is 0 Å². The Hall–Kier alpha value is -2.41. The number of aryl methyl sites for hydroxylation is 2. The van der Waals surface area contributed by atoms with Crippen molar-refractivity contribution in [3.63, 3.8) is 0 Å². The van der Waals surface area contributed by atoms with Gasteiger partial charge in [-0.3, -0.25) is 4.79 Å². The molecule has 8 heteroatoms. The van der Waals surface area contributed by atoms with E-state index in [0.29, 0.717) is 40.6 Å². The Morgan fingerprint density at radius 2 is 1.86 bits per heavy atom. The van der Waals surface area contributed by atoms with Gasteiger partial charge in [0.2, 0.25) is 0 Å². The minimum atomic E-state index is -1.36. The zero-order valence-electron chi connectivity index (χ0n) is 20.4. The Morgan fingerprint density at radius 3 is 2.46 bits per heavy atom. The molecule has 0 unspecified atom stereocenters. The van der Waals surface area contributed by atoms with E-state index in [1.54, 1.807) is 41.7 Å². The van der Waals surface area contributed by atoms with Gasteiger partial charge in [-0.1, -0.05) is 44.0 Å². The minimum absolute atomic E-state index is 0.0136. The van der Waals surface area contributed by atoms with Crippen molar-refractivity contribution >= 4 is 46.3 Å². The highest BCUT2D eigenvalue weighted by Gasteiger charge is 2.29. The van der Waals surface area contributed by atoms with E-state index in [4.69, 9.17) is 32.9 Å². The molecule has 0 aliphatic carbocycles. The molecule has 0 spiro atoms. The van der Waals surface area contributed by atoms with Crippen LogP contribution in [0.5, 0.6) is 5.75 Å². The van der Waals surface area contributed by atoms with Crippen molar-refractivity contribution in [1.29, 1.82) is 0 Å². The number of carbonyl (C=O) groups excluding carboxylic acids is 1. The summed E-state index contributed by atoms with van der Waals surface area (Å²) in [4.78, 5) is 30.5. The number of ketones is 1. The van der Waals surface area contributed by atoms with Gasteiger partial charge in [-0.05, 0) is 74.6 Å². The van der Waals surface area contributed by atoms with Crippen LogP contribution in [0.3, 0.4) is 0 Å². The highest BCUT2D eigenvalue weighted by Crippen LogP contribution is 2.37. The first-order valence-electron chi connectivity index (χ1n) is 11.5. The summed E-state index contributed by atoms with van der Waals surface area (Å²) in [5.74, 6) is -0.353. The molecule has 0 saturated heterocycles. The number of hydrogen-bond donors (Lipinski definition) is 1. The molecule has 1 heterocycles. The fraction of sp³-hybridized carbons (Fsp3) is 0.370. The number of carbonyl (C=O) groups is 2. The first-order chi connectivity index (χ1) is 16.4. The van der Waals surface area contributed by atoms with E-state index in [-0.39, 0.29) is 11.7 Å². The summed E-state index contributed by atoms with van der Waals surface area (Å²) in [5, 5.41) is 11.2. The van der Waals surface area contributed by atoms with Crippen LogP contribution >= 0.6 is 34.5 Å². The Morgan fingerprint density at radius 1 is 1.14 bits per heavy atom. The van der Waals surface area contributed by atoms with Crippen molar-refractivity contribution in [3.8, 4) is 16.3 Å². The molecular weight excluding hydrogens is 505 g/mol. The molecule has 3 aromatic rings. The van der Waals surface area contributed by atoms with Crippen molar-refractivity contribution in [1.82, 2.24) is 4.98 Å². The van der Waals surface area contributed by atoms with Gasteiger partial charge in [0, 0.05) is 27.4 Å². The van der Waals surface area contributed by atoms with E-state index < -0.39 is 11.6 Å². The van der Waals surface area contributed by atoms with Crippen LogP contribution in [0.15, 0.2) is 36.4 Å². The number of rotatable bonds is 10. The fourth-order valence-electron chi connectivity index (χ4n) is 3.67. The third-order valence-electron chi connectivity index (χ3n) is 5.65. The van der Waals surface area contributed by atoms with Crippen molar-refractivity contribution in [2.75, 3.05) is 0 Å². The number of thiazole rings is 1. The maximum absolute atomic E-state index is 13.2. The van der Waals surface area contributed by atoms with Gasteiger partial charge in [0.05, 0.1) is 10.7 Å². The van der Waals surface area contributed by atoms with Gasteiger partial charge < -0.3 is 9.84 Å². The second kappa shape index (κ2) is 11.1. The van der Waals surface area contributed by atoms with Gasteiger partial charge in [-0.25, -0.2) is 9.78 Å². The van der Waals surface area contributed by atoms with Gasteiger partial charge >= 0.3 is 5.97 Å². The van der Waals surface area contributed by atoms with Gasteiger partial charge in [-0.15, -0.1) is 11.3 Å². The number of benzene rings is 2. The summed E-state index contributed by atoms with van der Waals surface area (Å²) in [6.07, 6.45) is 1.45. The molecule has 1 N–H and O–H groups in total. The monoisotopic (exact) mass is 533 g/mol. The zero-order chi connectivity index (χ0) is 25.9. The molecule has 0 saturated carbocycles. The molecule has 3 rings (SSSR count). The van der Waals surface area contributed by atoms with Gasteiger partial charge in [0.15, 0.2) is 11.4 Å². The minimum Gasteiger partial charge on any atom is -0.478 e. The molecule has 5 nitrogen and oxygen atoms in total. The topological polar surface area (TPSA) is 76.5 Å². The number of halogens is 2. The summed E-state index contributed by atoms with van der Waals surface area (Å²) < 4.78 is 5.64. The van der Waals surface area contributed by atoms with Crippen LogP contribution in [-0.4, -0.2) is 27.4 Å². The number of ether oxygens (including phenoxy) is 1. The number of Topliss-reactive ketones (excluding diaryl/α,β-unsaturated/α-hetero) is 1. The van der Waals surface area contributed by atoms with Gasteiger partial charge in [-0.2, -0.15) is 0 Å². The van der Waals surface area contributed by atoms with Crippen molar-refractivity contribution < 1.29 is 19.4 Å². The highest BCUT2D eigenvalue weighted by atomic mass is 35.5. The highest BCUT2D eigenvalue weighted by molar-refractivity contribution is 7.15. The number of carboxylic acids is 1. The molecule has 0 fully saturated rings. The van der Waals surface area contributed by atoms with E-state index in [2.05, 4.69) is 13.8 Å². The lowest BCUT2D eigenvalue weighted by Gasteiger charge is -2.22. The lowest BCUT2D eigenvalue weighted by molar-refractivity contribution is -0.152. The predicted molar refractivity (Wildman–Crippen MR) is 142 cm³/mol. The number of aliphatic carboxylic acids is 1. The van der Waals surface area contributed by atoms with Crippen LogP contribution in [0.2, 0.25) is 10.0 Å². The maximum atomic E-state index is 13.2. The Kier molecular flexibility index (Phi) is 8.63. The second-order valence-corrected chi connectivity index (χ2v) is 11.0. The molecule has 2 aromatic carbocycles. The van der Waals surface area contributed by atoms with E-state index in [0.717, 1.165) is 26.7 Å². The molecule has 0 bridgehead atoms. The van der Waals surface area contributed by atoms with Crippen molar-refractivity contribution in [3.05, 3.63) is 68.1 Å². The molecular formula is C27H29Cl2NO4S. The number of aromatic nitrogens is 1. The fourth-order valence-corrected chi connectivity index (χ4v) is 5.38. The third-order valence-corrected chi connectivity index (χ3v) is 7.63. The number of carboxylic acid groups (broad SMARTS) is 1. The number of nitrogens with zero attached hydrogens (tertiary/aromatic N) is 1. The van der Waals surface area contributed by atoms with E-state index in [1.807, 2.05) is 13.0 Å². The largest absolute Gasteiger partial charge is 0.478 e. The van der Waals surface area contributed by atoms with E-state index >= 15 is 0 Å². The molecule has 35 heavy (non-hydrogen) atoms. The SMILES string of the molecule is CCc1cc(OC(C)(C)C(=O)O)ccc1C(=O)CCc1nc(-c2ccc(Cl)cc2Cl)sc1C(C)C. The predicted octanol–water partition coefficient (Wildman–Crippen LogP) is 7.86. The van der Waals surface area contributed by atoms with Crippen LogP contribution in [0.25, 0.3) is 10.6 Å². The lowest BCUT2D eigenvalue weighted by atomic mass is 9.97. The Labute approximate surface area is 220 Å². The third kappa shape index (κ3) is 6.43. The van der Waals surface area contributed by atoms with Crippen molar-refractivity contribution in [2.45, 2.75) is 65.4 Å². The zero-order valence-corrected chi connectivity index (χ0v) is 22.8. The van der Waals surface area contributed by atoms with Crippen LogP contribution in [0.4, 0.5) is 0 Å². The summed E-state index contributed by atoms with van der Waals surface area (Å²) in [6, 6.07) is 10.5. The lowest BCUT2D eigenvalue weighted by Crippen LogP contribution is -2.37. The van der Waals surface area contributed by atoms with Crippen LogP contribution in [0.1, 0.15) is 73.4 Å². The van der Waals surface area contributed by atoms with E-state index in [1.165, 1.54) is 13.8 Å².